The summed E-state index contributed by atoms with van der Waals surface area (Å²) in [5, 5.41) is 34.9. The Morgan fingerprint density at radius 1 is 0.809 bits per heavy atom. The van der Waals surface area contributed by atoms with Gasteiger partial charge >= 0.3 is 23.9 Å². The van der Waals surface area contributed by atoms with Gasteiger partial charge in [0.25, 0.3) is 0 Å². The molecular formula is C29H48N10O8. The van der Waals surface area contributed by atoms with Crippen molar-refractivity contribution in [3.8, 4) is 0 Å². The highest BCUT2D eigenvalue weighted by atomic mass is 16.4. The number of imidazole rings is 1. The maximum Gasteiger partial charge on any atom is 0.320 e. The third kappa shape index (κ3) is 19.2. The van der Waals surface area contributed by atoms with Crippen molar-refractivity contribution in [1.82, 2.24) is 15.0 Å². The molecular weight excluding hydrogens is 616 g/mol. The number of rotatable bonds is 14. The zero-order valence-electron chi connectivity index (χ0n) is 26.5. The standard InChI is InChI=1S/C11H12N2O2.C6H14N4O2.C6H9N3O2.C6H13NO2/c12-9(11(14)15)5-7-6-13-10-4-2-1-3-8(7)10;7-4(5(11)12)2-1-3-10-6(8)9;7-5(6(10)11)1-4-2-8-3-9-4;1-4(2)3-5(7)6(8)9/h1-4,6,9,13H,5,12H2,(H,14,15);4H,1-3,7H2,(H,11,12)(H4,8,9,10);2-3,5H,1,7H2,(H,8,9)(H,10,11);4-5H,3,7H2,1-2H3,(H,8,9)/t9-;4-;2*5-/m0000/s1. The number of aliphatic imine (C=N–C) groups is 1. The number of nitrogens with two attached hydrogens (primary N) is 6. The Labute approximate surface area is 271 Å². The van der Waals surface area contributed by atoms with Gasteiger partial charge in [-0.15, -0.1) is 0 Å². The SMILES string of the molecule is CC(C)C[C@H](N)C(=O)O.NC(N)=NCCC[C@H](N)C(=O)O.N[C@@H](Cc1c[nH]c2ccccc12)C(=O)O.N[C@@H](Cc1cnc[nH]1)C(=O)O. The summed E-state index contributed by atoms with van der Waals surface area (Å²) in [4.78, 5) is 54.5. The molecule has 0 aliphatic carbocycles. The number of benzene rings is 1. The maximum atomic E-state index is 10.6. The molecule has 0 saturated heterocycles. The number of fused-ring (bicyclic) bond motifs is 1. The van der Waals surface area contributed by atoms with Gasteiger partial charge in [-0.25, -0.2) is 4.98 Å². The van der Waals surface area contributed by atoms with Crippen molar-refractivity contribution in [1.29, 1.82) is 0 Å². The van der Waals surface area contributed by atoms with Gasteiger partial charge < -0.3 is 64.8 Å². The number of para-hydroxylation sites is 1. The lowest BCUT2D eigenvalue weighted by atomic mass is 10.1. The van der Waals surface area contributed by atoms with E-state index in [0.717, 1.165) is 22.2 Å². The van der Waals surface area contributed by atoms with Crippen LogP contribution in [0.4, 0.5) is 0 Å². The lowest BCUT2D eigenvalue weighted by Gasteiger charge is -2.07. The van der Waals surface area contributed by atoms with Crippen LogP contribution in [0.3, 0.4) is 0 Å². The summed E-state index contributed by atoms with van der Waals surface area (Å²) in [6, 6.07) is 4.55. The zero-order valence-corrected chi connectivity index (χ0v) is 26.5. The van der Waals surface area contributed by atoms with Crippen molar-refractivity contribution in [3.63, 3.8) is 0 Å². The van der Waals surface area contributed by atoms with Gasteiger partial charge in [0.15, 0.2) is 5.96 Å². The Morgan fingerprint density at radius 3 is 1.83 bits per heavy atom. The van der Waals surface area contributed by atoms with E-state index in [2.05, 4.69) is 19.9 Å². The Morgan fingerprint density at radius 2 is 1.36 bits per heavy atom. The fourth-order valence-electron chi connectivity index (χ4n) is 3.60. The van der Waals surface area contributed by atoms with E-state index in [1.54, 1.807) is 6.20 Å². The highest BCUT2D eigenvalue weighted by Crippen LogP contribution is 2.18. The van der Waals surface area contributed by atoms with Gasteiger partial charge in [0.05, 0.1) is 6.33 Å². The Hall–Kier alpha value is -5.04. The van der Waals surface area contributed by atoms with Crippen LogP contribution in [-0.4, -0.2) is 95.9 Å². The molecule has 2 heterocycles. The first-order valence-electron chi connectivity index (χ1n) is 14.5. The number of H-pyrrole nitrogens is 2. The maximum absolute atomic E-state index is 10.6. The molecule has 18 heteroatoms. The van der Waals surface area contributed by atoms with Crippen molar-refractivity contribution in [2.45, 2.75) is 70.1 Å². The second kappa shape index (κ2) is 22.5. The van der Waals surface area contributed by atoms with Gasteiger partial charge in [0.1, 0.15) is 24.2 Å². The van der Waals surface area contributed by atoms with E-state index in [1.807, 2.05) is 44.3 Å². The highest BCUT2D eigenvalue weighted by molar-refractivity contribution is 5.84. The molecule has 3 aromatic rings. The summed E-state index contributed by atoms with van der Waals surface area (Å²) in [7, 11) is 0. The molecule has 18 N–H and O–H groups in total. The number of carbonyl (C=O) groups is 4. The van der Waals surface area contributed by atoms with Gasteiger partial charge in [-0.1, -0.05) is 32.0 Å². The number of aromatic nitrogens is 3. The molecule has 0 spiro atoms. The van der Waals surface area contributed by atoms with Crippen molar-refractivity contribution >= 4 is 40.7 Å². The Kier molecular flexibility index (Phi) is 20.1. The normalized spacial score (nSPS) is 12.8. The van der Waals surface area contributed by atoms with E-state index in [-0.39, 0.29) is 12.4 Å². The van der Waals surface area contributed by atoms with Gasteiger partial charge in [0.2, 0.25) is 0 Å². The van der Waals surface area contributed by atoms with Crippen LogP contribution < -0.4 is 34.4 Å². The van der Waals surface area contributed by atoms with E-state index in [4.69, 9.17) is 54.8 Å². The second-order valence-corrected chi connectivity index (χ2v) is 10.7. The van der Waals surface area contributed by atoms with Gasteiger partial charge in [-0.3, -0.25) is 24.2 Å². The van der Waals surface area contributed by atoms with Gasteiger partial charge in [-0.2, -0.15) is 0 Å². The molecule has 2 aromatic heterocycles. The number of hydrogen-bond acceptors (Lipinski definition) is 10. The first-order chi connectivity index (χ1) is 22.0. The number of hydrogen-bond donors (Lipinski definition) is 12. The molecule has 0 aliphatic rings. The molecule has 0 saturated carbocycles. The monoisotopic (exact) mass is 664 g/mol. The third-order valence-electron chi connectivity index (χ3n) is 6.07. The number of carboxylic acids is 4. The van der Waals surface area contributed by atoms with Crippen LogP contribution >= 0.6 is 0 Å². The topological polar surface area (TPSA) is 362 Å². The van der Waals surface area contributed by atoms with E-state index >= 15 is 0 Å². The summed E-state index contributed by atoms with van der Waals surface area (Å²) in [5.74, 6) is -3.52. The second-order valence-electron chi connectivity index (χ2n) is 10.7. The minimum absolute atomic E-state index is 0.0129. The fraction of sp³-hybridized carbons (Fsp3) is 0.448. The van der Waals surface area contributed by atoms with Crippen molar-refractivity contribution < 1.29 is 39.6 Å². The molecule has 0 aliphatic heterocycles. The number of guanidine groups is 1. The quantitative estimate of drug-likeness (QED) is 0.0580. The molecule has 4 atom stereocenters. The first-order valence-corrected chi connectivity index (χ1v) is 14.5. The minimum Gasteiger partial charge on any atom is -0.480 e. The van der Waals surface area contributed by atoms with Crippen LogP contribution in [0.15, 0.2) is 48.0 Å². The minimum atomic E-state index is -1.00. The molecule has 0 fully saturated rings. The number of aliphatic carboxylic acids is 4. The molecule has 0 unspecified atom stereocenters. The molecule has 3 rings (SSSR count). The molecule has 1 aromatic carbocycles. The van der Waals surface area contributed by atoms with Crippen molar-refractivity contribution in [3.05, 3.63) is 54.2 Å². The molecule has 18 nitrogen and oxygen atoms in total. The summed E-state index contributed by atoms with van der Waals surface area (Å²) in [6.07, 6.45) is 7.00. The van der Waals surface area contributed by atoms with E-state index in [1.165, 1.54) is 6.33 Å². The number of aromatic amines is 2. The summed E-state index contributed by atoms with van der Waals surface area (Å²) in [5.41, 5.74) is 34.0. The third-order valence-corrected chi connectivity index (χ3v) is 6.07. The fourth-order valence-corrected chi connectivity index (χ4v) is 3.60. The summed E-state index contributed by atoms with van der Waals surface area (Å²) >= 11 is 0. The van der Waals surface area contributed by atoms with Gasteiger partial charge in [0, 0.05) is 48.4 Å². The van der Waals surface area contributed by atoms with Crippen LogP contribution in [0, 0.1) is 5.92 Å². The smallest absolute Gasteiger partial charge is 0.320 e. The van der Waals surface area contributed by atoms with Crippen LogP contribution in [0.1, 0.15) is 44.4 Å². The zero-order chi connectivity index (χ0) is 36.1. The summed E-state index contributed by atoms with van der Waals surface area (Å²) in [6.45, 7) is 4.31. The predicted octanol–water partition coefficient (Wildman–Crippen LogP) is -0.617. The molecule has 0 radical (unpaired) electrons. The average molecular weight is 665 g/mol. The molecule has 0 amide bonds. The van der Waals surface area contributed by atoms with E-state index in [0.29, 0.717) is 38.1 Å². The Balaban J connectivity index is 0.000000612. The van der Waals surface area contributed by atoms with Crippen LogP contribution in [-0.2, 0) is 32.0 Å². The van der Waals surface area contributed by atoms with E-state index < -0.39 is 48.0 Å². The van der Waals surface area contributed by atoms with E-state index in [9.17, 15) is 19.2 Å². The first kappa shape index (κ1) is 42.0. The molecule has 47 heavy (non-hydrogen) atoms. The molecule has 0 bridgehead atoms. The largest absolute Gasteiger partial charge is 0.480 e. The Bertz CT molecular complexity index is 1390. The predicted molar refractivity (Wildman–Crippen MR) is 176 cm³/mol. The summed E-state index contributed by atoms with van der Waals surface area (Å²) < 4.78 is 0. The van der Waals surface area contributed by atoms with Crippen LogP contribution in [0.5, 0.6) is 0 Å². The average Bonchev–Trinajstić information content (AvgIpc) is 3.65. The lowest BCUT2D eigenvalue weighted by molar-refractivity contribution is -0.139. The number of carboxylic acid groups (broad SMARTS) is 4. The van der Waals surface area contributed by atoms with Crippen molar-refractivity contribution in [2.24, 2.45) is 45.3 Å². The van der Waals surface area contributed by atoms with Gasteiger partial charge in [-0.05, 0) is 36.8 Å². The van der Waals surface area contributed by atoms with Crippen molar-refractivity contribution in [2.75, 3.05) is 6.54 Å². The highest BCUT2D eigenvalue weighted by Gasteiger charge is 2.15. The lowest BCUT2D eigenvalue weighted by Crippen LogP contribution is -2.32. The molecule has 262 valence electrons. The number of nitrogens with one attached hydrogen (secondary N) is 2. The van der Waals surface area contributed by atoms with Crippen LogP contribution in [0.2, 0.25) is 0 Å². The number of nitrogens with zero attached hydrogens (tertiary/aromatic N) is 2. The van der Waals surface area contributed by atoms with Crippen LogP contribution in [0.25, 0.3) is 10.9 Å².